The summed E-state index contributed by atoms with van der Waals surface area (Å²) >= 11 is 0. The van der Waals surface area contributed by atoms with E-state index in [0.29, 0.717) is 18.1 Å². The molecule has 1 fully saturated rings. The zero-order valence-electron chi connectivity index (χ0n) is 11.7. The van der Waals surface area contributed by atoms with E-state index in [1.54, 1.807) is 0 Å². The lowest BCUT2D eigenvalue weighted by Crippen LogP contribution is -2.37. The van der Waals surface area contributed by atoms with Crippen molar-refractivity contribution in [1.82, 2.24) is 5.32 Å². The van der Waals surface area contributed by atoms with Gasteiger partial charge >= 0.3 is 0 Å². The molecule has 21 heavy (non-hydrogen) atoms. The van der Waals surface area contributed by atoms with Gasteiger partial charge in [0.05, 0.1) is 11.0 Å². The van der Waals surface area contributed by atoms with Crippen molar-refractivity contribution in [3.63, 3.8) is 0 Å². The first-order valence-corrected chi connectivity index (χ1v) is 6.75. The highest BCUT2D eigenvalue weighted by molar-refractivity contribution is 5.98. The van der Waals surface area contributed by atoms with Gasteiger partial charge in [-0.2, -0.15) is 0 Å². The Hall–Kier alpha value is -2.05. The average molecular weight is 298 g/mol. The molecule has 3 atom stereocenters. The van der Waals surface area contributed by atoms with Crippen LogP contribution in [0.4, 0.5) is 14.5 Å². The number of nitro benzene ring substituents is 1. The molecule has 7 heteroatoms. The van der Waals surface area contributed by atoms with Crippen LogP contribution in [-0.4, -0.2) is 16.9 Å². The normalized spacial score (nSPS) is 24.9. The lowest BCUT2D eigenvalue weighted by molar-refractivity contribution is -0.385. The molecule has 1 aliphatic carbocycles. The number of carbonyl (C=O) groups is 1. The minimum atomic E-state index is -1.35. The molecular formula is C14H16F2N2O3. The summed E-state index contributed by atoms with van der Waals surface area (Å²) in [7, 11) is 0. The Labute approximate surface area is 120 Å². The highest BCUT2D eigenvalue weighted by Crippen LogP contribution is 2.31. The van der Waals surface area contributed by atoms with Crippen LogP contribution in [0.5, 0.6) is 0 Å². The first-order valence-electron chi connectivity index (χ1n) is 6.75. The zero-order chi connectivity index (χ0) is 15.7. The summed E-state index contributed by atoms with van der Waals surface area (Å²) in [6.07, 6.45) is 1.72. The molecule has 0 saturated heterocycles. The van der Waals surface area contributed by atoms with Crippen molar-refractivity contribution in [1.29, 1.82) is 0 Å². The van der Waals surface area contributed by atoms with Crippen LogP contribution in [0, 0.1) is 33.6 Å². The van der Waals surface area contributed by atoms with Crippen molar-refractivity contribution in [2.45, 2.75) is 32.7 Å². The molecule has 114 valence electrons. The smallest absolute Gasteiger partial charge is 0.285 e. The van der Waals surface area contributed by atoms with Crippen LogP contribution in [0.3, 0.4) is 0 Å². The molecule has 0 spiro atoms. The molecular weight excluding hydrogens is 282 g/mol. The lowest BCUT2D eigenvalue weighted by Gasteiger charge is -2.19. The zero-order valence-corrected chi connectivity index (χ0v) is 11.7. The fraction of sp³-hybridized carbons (Fsp3) is 0.500. The first kappa shape index (κ1) is 15.3. The molecule has 0 aromatic heterocycles. The van der Waals surface area contributed by atoms with Gasteiger partial charge in [-0.1, -0.05) is 13.8 Å². The quantitative estimate of drug-likeness (QED) is 0.688. The van der Waals surface area contributed by atoms with Crippen LogP contribution < -0.4 is 5.32 Å². The highest BCUT2D eigenvalue weighted by Gasteiger charge is 2.32. The molecule has 0 bridgehead atoms. The number of carbonyl (C=O) groups excluding carboxylic acids is 1. The SMILES string of the molecule is CC1CCC(NC(=O)c2cc(F)c(F)cc2[N+](=O)[O-])C1C. The van der Waals surface area contributed by atoms with Crippen molar-refractivity contribution in [3.05, 3.63) is 39.4 Å². The Kier molecular flexibility index (Phi) is 4.20. The van der Waals surface area contributed by atoms with Gasteiger partial charge in [0.15, 0.2) is 11.6 Å². The molecule has 0 aliphatic heterocycles. The molecule has 0 heterocycles. The fourth-order valence-corrected chi connectivity index (χ4v) is 2.68. The number of hydrogen-bond donors (Lipinski definition) is 1. The van der Waals surface area contributed by atoms with Crippen LogP contribution >= 0.6 is 0 Å². The number of rotatable bonds is 3. The fourth-order valence-electron chi connectivity index (χ4n) is 2.68. The van der Waals surface area contributed by atoms with E-state index < -0.39 is 33.7 Å². The van der Waals surface area contributed by atoms with E-state index in [4.69, 9.17) is 0 Å². The Balaban J connectivity index is 2.27. The van der Waals surface area contributed by atoms with Gasteiger partial charge in [-0.25, -0.2) is 8.78 Å². The monoisotopic (exact) mass is 298 g/mol. The van der Waals surface area contributed by atoms with Gasteiger partial charge in [0.25, 0.3) is 11.6 Å². The molecule has 3 unspecified atom stereocenters. The van der Waals surface area contributed by atoms with Crippen LogP contribution in [0.2, 0.25) is 0 Å². The number of nitrogens with zero attached hydrogens (tertiary/aromatic N) is 1. The van der Waals surface area contributed by atoms with Gasteiger partial charge in [-0.15, -0.1) is 0 Å². The van der Waals surface area contributed by atoms with Crippen molar-refractivity contribution in [3.8, 4) is 0 Å². The van der Waals surface area contributed by atoms with Crippen molar-refractivity contribution >= 4 is 11.6 Å². The minimum absolute atomic E-state index is 0.111. The Morgan fingerprint density at radius 1 is 1.29 bits per heavy atom. The summed E-state index contributed by atoms with van der Waals surface area (Å²) in [4.78, 5) is 22.1. The summed E-state index contributed by atoms with van der Waals surface area (Å²) < 4.78 is 26.3. The number of halogens is 2. The average Bonchev–Trinajstić information content (AvgIpc) is 2.73. The maximum absolute atomic E-state index is 13.3. The number of benzene rings is 1. The molecule has 1 aromatic carbocycles. The molecule has 1 aromatic rings. The van der Waals surface area contributed by atoms with Gasteiger partial charge in [-0.05, 0) is 30.7 Å². The summed E-state index contributed by atoms with van der Waals surface area (Å²) in [6.45, 7) is 4.05. The standard InChI is InChI=1S/C14H16F2N2O3/c1-7-3-4-12(8(7)2)17-14(19)9-5-10(15)11(16)6-13(9)18(20)21/h5-8,12H,3-4H2,1-2H3,(H,17,19). The second-order valence-corrected chi connectivity index (χ2v) is 5.53. The Morgan fingerprint density at radius 2 is 1.90 bits per heavy atom. The number of nitrogens with one attached hydrogen (secondary N) is 1. The lowest BCUT2D eigenvalue weighted by atomic mass is 9.97. The number of amides is 1. The van der Waals surface area contributed by atoms with Crippen LogP contribution in [0.1, 0.15) is 37.0 Å². The third-order valence-corrected chi connectivity index (χ3v) is 4.26. The van der Waals surface area contributed by atoms with Gasteiger partial charge in [0.2, 0.25) is 0 Å². The molecule has 1 amide bonds. The largest absolute Gasteiger partial charge is 0.349 e. The summed E-state index contributed by atoms with van der Waals surface area (Å²) in [6, 6.07) is 0.900. The van der Waals surface area contributed by atoms with E-state index in [1.807, 2.05) is 6.92 Å². The van der Waals surface area contributed by atoms with E-state index in [9.17, 15) is 23.7 Å². The van der Waals surface area contributed by atoms with E-state index in [1.165, 1.54) is 0 Å². The van der Waals surface area contributed by atoms with Gasteiger partial charge in [-0.3, -0.25) is 14.9 Å². The third kappa shape index (κ3) is 3.01. The molecule has 5 nitrogen and oxygen atoms in total. The van der Waals surface area contributed by atoms with Gasteiger partial charge in [0.1, 0.15) is 5.56 Å². The minimum Gasteiger partial charge on any atom is -0.349 e. The topological polar surface area (TPSA) is 72.2 Å². The van der Waals surface area contributed by atoms with Crippen LogP contribution in [0.15, 0.2) is 12.1 Å². The number of nitro groups is 1. The molecule has 1 aliphatic rings. The van der Waals surface area contributed by atoms with E-state index in [2.05, 4.69) is 12.2 Å². The van der Waals surface area contributed by atoms with Crippen LogP contribution in [0.25, 0.3) is 0 Å². The summed E-state index contributed by atoms with van der Waals surface area (Å²) in [5, 5.41) is 13.6. The maximum Gasteiger partial charge on any atom is 0.285 e. The first-order chi connectivity index (χ1) is 9.81. The summed E-state index contributed by atoms with van der Waals surface area (Å²) in [5.41, 5.74) is -1.18. The van der Waals surface area contributed by atoms with Crippen molar-refractivity contribution in [2.24, 2.45) is 11.8 Å². The van der Waals surface area contributed by atoms with E-state index in [0.717, 1.165) is 12.8 Å². The highest BCUT2D eigenvalue weighted by atomic mass is 19.2. The Bertz CT molecular complexity index is 592. The third-order valence-electron chi connectivity index (χ3n) is 4.26. The maximum atomic E-state index is 13.3. The van der Waals surface area contributed by atoms with Gasteiger partial charge in [0, 0.05) is 6.04 Å². The summed E-state index contributed by atoms with van der Waals surface area (Å²) in [5.74, 6) is -2.69. The predicted molar refractivity (Wildman–Crippen MR) is 71.8 cm³/mol. The van der Waals surface area contributed by atoms with E-state index in [-0.39, 0.29) is 12.0 Å². The van der Waals surface area contributed by atoms with Gasteiger partial charge < -0.3 is 5.32 Å². The molecule has 1 N–H and O–H groups in total. The molecule has 1 saturated carbocycles. The number of hydrogen-bond acceptors (Lipinski definition) is 3. The molecule has 0 radical (unpaired) electrons. The predicted octanol–water partition coefficient (Wildman–Crippen LogP) is 3.04. The molecule has 2 rings (SSSR count). The Morgan fingerprint density at radius 3 is 2.43 bits per heavy atom. The van der Waals surface area contributed by atoms with Crippen molar-refractivity contribution in [2.75, 3.05) is 0 Å². The van der Waals surface area contributed by atoms with Crippen molar-refractivity contribution < 1.29 is 18.5 Å². The van der Waals surface area contributed by atoms with Crippen LogP contribution in [-0.2, 0) is 0 Å². The second-order valence-electron chi connectivity index (χ2n) is 5.53. The van der Waals surface area contributed by atoms with E-state index >= 15 is 0 Å². The second kappa shape index (κ2) is 5.75.